The van der Waals surface area contributed by atoms with Crippen molar-refractivity contribution in [2.75, 3.05) is 0 Å². The number of ketones is 1. The van der Waals surface area contributed by atoms with Gasteiger partial charge >= 0.3 is 0 Å². The summed E-state index contributed by atoms with van der Waals surface area (Å²) in [6.45, 7) is 3.33. The molecule has 108 valence electrons. The Labute approximate surface area is 124 Å². The highest BCUT2D eigenvalue weighted by Gasteiger charge is 2.18. The maximum Gasteiger partial charge on any atom is 0.202 e. The first kappa shape index (κ1) is 15.2. The van der Waals surface area contributed by atoms with Gasteiger partial charge in [0.25, 0.3) is 0 Å². The van der Waals surface area contributed by atoms with Crippen molar-refractivity contribution in [3.05, 3.63) is 76.7 Å². The van der Waals surface area contributed by atoms with Crippen LogP contribution in [0.5, 0.6) is 0 Å². The van der Waals surface area contributed by atoms with Gasteiger partial charge in [0.1, 0.15) is 0 Å². The number of aryl methyl sites for hydroxylation is 1. The highest BCUT2D eigenvalue weighted by molar-refractivity contribution is 7.95. The third-order valence-corrected chi connectivity index (χ3v) is 5.01. The van der Waals surface area contributed by atoms with Gasteiger partial charge in [-0.25, -0.2) is 8.42 Å². The van der Waals surface area contributed by atoms with E-state index in [2.05, 4.69) is 0 Å². The minimum Gasteiger partial charge on any atom is -0.289 e. The molecule has 2 aromatic rings. The Balaban J connectivity index is 2.34. The third kappa shape index (κ3) is 3.47. The Kier molecular flexibility index (Phi) is 4.38. The third-order valence-electron chi connectivity index (χ3n) is 3.15. The fourth-order valence-corrected chi connectivity index (χ4v) is 2.98. The van der Waals surface area contributed by atoms with Gasteiger partial charge in [0.15, 0.2) is 5.78 Å². The SMILES string of the molecule is C/C(=C\C(=O)c1ccccc1)S(=O)(=O)c1ccc(C)cc1. The van der Waals surface area contributed by atoms with Gasteiger partial charge in [0.05, 0.1) is 4.90 Å². The van der Waals surface area contributed by atoms with Crippen molar-refractivity contribution < 1.29 is 13.2 Å². The van der Waals surface area contributed by atoms with E-state index in [9.17, 15) is 13.2 Å². The molecule has 4 heteroatoms. The quantitative estimate of drug-likeness (QED) is 0.641. The lowest BCUT2D eigenvalue weighted by atomic mass is 10.1. The molecule has 2 aromatic carbocycles. The number of allylic oxidation sites excluding steroid dienone is 2. The topological polar surface area (TPSA) is 51.2 Å². The number of benzene rings is 2. The first-order valence-electron chi connectivity index (χ1n) is 6.51. The van der Waals surface area contributed by atoms with E-state index in [0.29, 0.717) is 5.56 Å². The Morgan fingerprint density at radius 1 is 0.952 bits per heavy atom. The number of carbonyl (C=O) groups excluding carboxylic acids is 1. The molecule has 0 unspecified atom stereocenters. The molecule has 0 heterocycles. The summed E-state index contributed by atoms with van der Waals surface area (Å²) in [7, 11) is -3.62. The van der Waals surface area contributed by atoms with Crippen molar-refractivity contribution in [2.45, 2.75) is 18.7 Å². The summed E-state index contributed by atoms with van der Waals surface area (Å²) in [5.41, 5.74) is 1.45. The Hall–Kier alpha value is -2.20. The van der Waals surface area contributed by atoms with Gasteiger partial charge in [-0.2, -0.15) is 0 Å². The fourth-order valence-electron chi connectivity index (χ4n) is 1.85. The van der Waals surface area contributed by atoms with Crippen molar-refractivity contribution >= 4 is 15.6 Å². The van der Waals surface area contributed by atoms with Crippen LogP contribution in [0.2, 0.25) is 0 Å². The lowest BCUT2D eigenvalue weighted by molar-refractivity contribution is 0.104. The molecule has 0 amide bonds. The van der Waals surface area contributed by atoms with Gasteiger partial charge in [-0.15, -0.1) is 0 Å². The van der Waals surface area contributed by atoms with E-state index >= 15 is 0 Å². The molecule has 0 saturated heterocycles. The van der Waals surface area contributed by atoms with E-state index in [0.717, 1.165) is 5.56 Å². The van der Waals surface area contributed by atoms with Crippen molar-refractivity contribution in [1.29, 1.82) is 0 Å². The summed E-state index contributed by atoms with van der Waals surface area (Å²) in [5.74, 6) is -0.316. The maximum atomic E-state index is 12.4. The van der Waals surface area contributed by atoms with Crippen LogP contribution in [0.1, 0.15) is 22.8 Å². The molecule has 0 saturated carbocycles. The van der Waals surface area contributed by atoms with E-state index in [1.165, 1.54) is 13.0 Å². The number of carbonyl (C=O) groups is 1. The smallest absolute Gasteiger partial charge is 0.202 e. The summed E-state index contributed by atoms with van der Waals surface area (Å²) in [4.78, 5) is 12.3. The minimum atomic E-state index is -3.62. The molecular weight excluding hydrogens is 284 g/mol. The van der Waals surface area contributed by atoms with Crippen molar-refractivity contribution in [3.8, 4) is 0 Å². The van der Waals surface area contributed by atoms with E-state index in [-0.39, 0.29) is 15.6 Å². The van der Waals surface area contributed by atoms with Crippen LogP contribution in [0, 0.1) is 6.92 Å². The first-order chi connectivity index (χ1) is 9.91. The predicted molar refractivity (Wildman–Crippen MR) is 82.9 cm³/mol. The molecule has 0 aromatic heterocycles. The fraction of sp³-hybridized carbons (Fsp3) is 0.118. The van der Waals surface area contributed by atoms with Gasteiger partial charge in [-0.1, -0.05) is 48.0 Å². The largest absolute Gasteiger partial charge is 0.289 e. The van der Waals surface area contributed by atoms with E-state index < -0.39 is 9.84 Å². The summed E-state index contributed by atoms with van der Waals surface area (Å²) in [6.07, 6.45) is 1.17. The zero-order valence-electron chi connectivity index (χ0n) is 11.9. The summed E-state index contributed by atoms with van der Waals surface area (Å²) >= 11 is 0. The minimum absolute atomic E-state index is 0.0419. The number of hydrogen-bond acceptors (Lipinski definition) is 3. The van der Waals surface area contributed by atoms with Gasteiger partial charge in [0, 0.05) is 16.5 Å². The molecule has 21 heavy (non-hydrogen) atoms. The standard InChI is InChI=1S/C17H16O3S/c1-13-8-10-16(11-9-13)21(19,20)14(2)12-17(18)15-6-4-3-5-7-15/h3-12H,1-2H3/b14-12+. The Morgan fingerprint density at radius 2 is 1.52 bits per heavy atom. The molecule has 0 atom stereocenters. The molecule has 0 aliphatic heterocycles. The van der Waals surface area contributed by atoms with E-state index in [1.54, 1.807) is 54.6 Å². The highest BCUT2D eigenvalue weighted by Crippen LogP contribution is 2.20. The van der Waals surface area contributed by atoms with Gasteiger partial charge in [-0.05, 0) is 26.0 Å². The lowest BCUT2D eigenvalue weighted by Gasteiger charge is -2.05. The molecule has 0 bridgehead atoms. The maximum absolute atomic E-state index is 12.4. The second-order valence-electron chi connectivity index (χ2n) is 4.80. The molecular formula is C17H16O3S. The number of rotatable bonds is 4. The van der Waals surface area contributed by atoms with Crippen LogP contribution in [0.15, 0.2) is 70.5 Å². The molecule has 0 fully saturated rings. The normalized spacial score (nSPS) is 12.2. The summed E-state index contributed by atoms with van der Waals surface area (Å²) < 4.78 is 24.8. The molecule has 0 aliphatic rings. The summed E-state index contributed by atoms with van der Waals surface area (Å²) in [5, 5.41) is 0. The van der Waals surface area contributed by atoms with Crippen LogP contribution in [-0.4, -0.2) is 14.2 Å². The second kappa shape index (κ2) is 6.06. The highest BCUT2D eigenvalue weighted by atomic mass is 32.2. The molecule has 0 radical (unpaired) electrons. The molecule has 0 aliphatic carbocycles. The molecule has 0 spiro atoms. The zero-order chi connectivity index (χ0) is 15.5. The monoisotopic (exact) mass is 300 g/mol. The lowest BCUT2D eigenvalue weighted by Crippen LogP contribution is -2.05. The van der Waals surface area contributed by atoms with E-state index in [1.807, 2.05) is 6.92 Å². The number of sulfone groups is 1. The average molecular weight is 300 g/mol. The van der Waals surface area contributed by atoms with Crippen molar-refractivity contribution in [1.82, 2.24) is 0 Å². The van der Waals surface area contributed by atoms with Crippen LogP contribution in [0.4, 0.5) is 0 Å². The zero-order valence-corrected chi connectivity index (χ0v) is 12.7. The average Bonchev–Trinajstić information content (AvgIpc) is 2.48. The van der Waals surface area contributed by atoms with Gasteiger partial charge in [0.2, 0.25) is 9.84 Å². The van der Waals surface area contributed by atoms with Crippen molar-refractivity contribution in [3.63, 3.8) is 0 Å². The second-order valence-corrected chi connectivity index (χ2v) is 6.92. The van der Waals surface area contributed by atoms with Crippen LogP contribution < -0.4 is 0 Å². The molecule has 3 nitrogen and oxygen atoms in total. The van der Waals surface area contributed by atoms with Crippen LogP contribution in [0.25, 0.3) is 0 Å². The van der Waals surface area contributed by atoms with Gasteiger partial charge in [-0.3, -0.25) is 4.79 Å². The van der Waals surface area contributed by atoms with Crippen LogP contribution >= 0.6 is 0 Å². The number of hydrogen-bond donors (Lipinski definition) is 0. The van der Waals surface area contributed by atoms with Crippen LogP contribution in [-0.2, 0) is 9.84 Å². The molecule has 2 rings (SSSR count). The molecule has 0 N–H and O–H groups in total. The Morgan fingerprint density at radius 3 is 2.10 bits per heavy atom. The summed E-state index contributed by atoms with van der Waals surface area (Å²) in [6, 6.07) is 15.2. The predicted octanol–water partition coefficient (Wildman–Crippen LogP) is 3.56. The first-order valence-corrected chi connectivity index (χ1v) is 7.99. The van der Waals surface area contributed by atoms with Crippen molar-refractivity contribution in [2.24, 2.45) is 0 Å². The Bertz CT molecular complexity index is 771. The van der Waals surface area contributed by atoms with Gasteiger partial charge < -0.3 is 0 Å². The van der Waals surface area contributed by atoms with Crippen LogP contribution in [0.3, 0.4) is 0 Å². The van der Waals surface area contributed by atoms with E-state index in [4.69, 9.17) is 0 Å².